The zero-order valence-electron chi connectivity index (χ0n) is 13.5. The van der Waals surface area contributed by atoms with E-state index in [0.717, 1.165) is 25.3 Å². The van der Waals surface area contributed by atoms with Crippen molar-refractivity contribution in [2.75, 3.05) is 0 Å². The Morgan fingerprint density at radius 1 is 1.32 bits per heavy atom. The average Bonchev–Trinajstić information content (AvgIpc) is 2.26. The molecule has 2 heteroatoms. The number of allylic oxidation sites excluding steroid dienone is 1. The van der Waals surface area contributed by atoms with Gasteiger partial charge in [-0.25, -0.2) is 0 Å². The van der Waals surface area contributed by atoms with Gasteiger partial charge < -0.3 is 5.11 Å². The van der Waals surface area contributed by atoms with Gasteiger partial charge in [-0.2, -0.15) is 0 Å². The molecule has 1 N–H and O–H groups in total. The van der Waals surface area contributed by atoms with Gasteiger partial charge in [0.1, 0.15) is 0 Å². The van der Waals surface area contributed by atoms with Crippen LogP contribution in [0.4, 0.5) is 0 Å². The molecule has 1 aliphatic rings. The molecular formula is C17H30OSi. The second kappa shape index (κ2) is 6.28. The first kappa shape index (κ1) is 16.5. The quantitative estimate of drug-likeness (QED) is 0.459. The first-order chi connectivity index (χ1) is 8.64. The van der Waals surface area contributed by atoms with E-state index in [2.05, 4.69) is 58.3 Å². The van der Waals surface area contributed by atoms with Crippen molar-refractivity contribution in [1.82, 2.24) is 0 Å². The van der Waals surface area contributed by atoms with E-state index in [1.165, 1.54) is 5.57 Å². The third-order valence-corrected chi connectivity index (χ3v) is 5.51. The van der Waals surface area contributed by atoms with Crippen molar-refractivity contribution in [2.24, 2.45) is 11.3 Å². The third kappa shape index (κ3) is 4.82. The minimum absolute atomic E-state index is 0.0146. The van der Waals surface area contributed by atoms with Crippen LogP contribution < -0.4 is 0 Å². The van der Waals surface area contributed by atoms with Crippen LogP contribution in [0, 0.1) is 23.2 Å². The van der Waals surface area contributed by atoms with Crippen LogP contribution in [-0.2, 0) is 0 Å². The molecule has 0 saturated heterocycles. The first-order valence-electron chi connectivity index (χ1n) is 7.45. The zero-order valence-corrected chi connectivity index (χ0v) is 14.5. The summed E-state index contributed by atoms with van der Waals surface area (Å²) < 4.78 is 0. The molecular weight excluding hydrogens is 248 g/mol. The Bertz CT molecular complexity index is 390. The molecule has 0 bridgehead atoms. The Labute approximate surface area is 120 Å². The highest BCUT2D eigenvalue weighted by Crippen LogP contribution is 2.43. The van der Waals surface area contributed by atoms with E-state index in [0.29, 0.717) is 5.92 Å². The lowest BCUT2D eigenvalue weighted by atomic mass is 9.65. The first-order valence-corrected chi connectivity index (χ1v) is 11.2. The van der Waals surface area contributed by atoms with Crippen molar-refractivity contribution in [3.05, 3.63) is 11.6 Å². The van der Waals surface area contributed by atoms with E-state index in [4.69, 9.17) is 0 Å². The van der Waals surface area contributed by atoms with Gasteiger partial charge in [0.15, 0.2) is 0 Å². The van der Waals surface area contributed by atoms with Crippen LogP contribution in [-0.4, -0.2) is 19.3 Å². The Balaban J connectivity index is 2.56. The molecule has 19 heavy (non-hydrogen) atoms. The van der Waals surface area contributed by atoms with Crippen molar-refractivity contribution < 1.29 is 5.11 Å². The Kier molecular flexibility index (Phi) is 5.47. The summed E-state index contributed by atoms with van der Waals surface area (Å²) in [5.74, 6) is 7.16. The predicted molar refractivity (Wildman–Crippen MR) is 86.8 cm³/mol. The van der Waals surface area contributed by atoms with Gasteiger partial charge in [0.2, 0.25) is 0 Å². The average molecular weight is 279 g/mol. The fourth-order valence-electron chi connectivity index (χ4n) is 2.79. The molecule has 1 rings (SSSR count). The lowest BCUT2D eigenvalue weighted by Gasteiger charge is -2.42. The zero-order chi connectivity index (χ0) is 14.7. The summed E-state index contributed by atoms with van der Waals surface area (Å²) in [4.78, 5) is 0. The molecule has 2 atom stereocenters. The van der Waals surface area contributed by atoms with Crippen LogP contribution in [0.15, 0.2) is 11.6 Å². The van der Waals surface area contributed by atoms with E-state index < -0.39 is 8.07 Å². The summed E-state index contributed by atoms with van der Waals surface area (Å²) in [5, 5.41) is 10.2. The Morgan fingerprint density at radius 3 is 2.53 bits per heavy atom. The van der Waals surface area contributed by atoms with E-state index >= 15 is 0 Å². The largest absolute Gasteiger partial charge is 0.392 e. The van der Waals surface area contributed by atoms with Crippen molar-refractivity contribution in [1.29, 1.82) is 0 Å². The van der Waals surface area contributed by atoms with Crippen LogP contribution in [0.3, 0.4) is 0 Å². The van der Waals surface area contributed by atoms with Gasteiger partial charge in [-0.3, -0.25) is 0 Å². The van der Waals surface area contributed by atoms with Crippen LogP contribution in [0.2, 0.25) is 25.7 Å². The number of hydrogen-bond acceptors (Lipinski definition) is 1. The summed E-state index contributed by atoms with van der Waals surface area (Å²) in [6, 6.07) is 1.10. The van der Waals surface area contributed by atoms with Crippen LogP contribution in [0.1, 0.15) is 40.0 Å². The topological polar surface area (TPSA) is 20.2 Å². The van der Waals surface area contributed by atoms with Crippen LogP contribution >= 0.6 is 0 Å². The molecule has 1 nitrogen and oxygen atoms in total. The summed E-state index contributed by atoms with van der Waals surface area (Å²) in [6.07, 6.45) is 4.82. The maximum Gasteiger partial charge on any atom is 0.0631 e. The molecule has 0 amide bonds. The van der Waals surface area contributed by atoms with Gasteiger partial charge in [0.25, 0.3) is 0 Å². The fourth-order valence-corrected chi connectivity index (χ4v) is 3.45. The number of aliphatic hydroxyl groups is 1. The number of rotatable bonds is 3. The monoisotopic (exact) mass is 278 g/mol. The lowest BCUT2D eigenvalue weighted by molar-refractivity contribution is 0.00884. The van der Waals surface area contributed by atoms with E-state index in [1.54, 1.807) is 0 Å². The summed E-state index contributed by atoms with van der Waals surface area (Å²) >= 11 is 0. The van der Waals surface area contributed by atoms with Crippen molar-refractivity contribution in [3.63, 3.8) is 0 Å². The molecule has 0 saturated carbocycles. The summed E-state index contributed by atoms with van der Waals surface area (Å²) in [7, 11) is -1.02. The highest BCUT2D eigenvalue weighted by Gasteiger charge is 2.38. The molecule has 0 spiro atoms. The maximum atomic E-state index is 10.2. The Hall–Kier alpha value is -0.523. The van der Waals surface area contributed by atoms with Crippen LogP contribution in [0.5, 0.6) is 0 Å². The van der Waals surface area contributed by atoms with Gasteiger partial charge in [-0.1, -0.05) is 45.1 Å². The summed E-state index contributed by atoms with van der Waals surface area (Å²) in [5.41, 5.74) is 1.42. The molecule has 108 valence electrons. The SMILES string of the molecule is CC1=CCC(O)C(C)(C)C1CCC#CC[Si](C)(C)C. The molecule has 0 aromatic heterocycles. The standard InChI is InChI=1S/C17H30OSi/c1-14-11-12-16(18)17(2,3)15(14)10-8-7-9-13-19(4,5)6/h11,15-16,18H,8,10,12-13H2,1-6H3. The molecule has 1 aliphatic carbocycles. The van der Waals surface area contributed by atoms with Gasteiger partial charge >= 0.3 is 0 Å². The van der Waals surface area contributed by atoms with E-state index in [-0.39, 0.29) is 11.5 Å². The minimum atomic E-state index is -1.02. The number of aliphatic hydroxyl groups excluding tert-OH is 1. The van der Waals surface area contributed by atoms with Gasteiger partial charge in [-0.15, -0.1) is 11.8 Å². The van der Waals surface area contributed by atoms with Crippen molar-refractivity contribution in [2.45, 2.75) is 71.8 Å². The number of hydrogen-bond donors (Lipinski definition) is 1. The molecule has 0 radical (unpaired) electrons. The molecule has 0 heterocycles. The lowest BCUT2D eigenvalue weighted by Crippen LogP contribution is -2.39. The van der Waals surface area contributed by atoms with Gasteiger partial charge in [0.05, 0.1) is 14.2 Å². The third-order valence-electron chi connectivity index (χ3n) is 4.27. The molecule has 2 unspecified atom stereocenters. The molecule has 0 aliphatic heterocycles. The second-order valence-electron chi connectivity index (χ2n) is 7.70. The highest BCUT2D eigenvalue weighted by atomic mass is 28.3. The van der Waals surface area contributed by atoms with Crippen molar-refractivity contribution in [3.8, 4) is 11.8 Å². The molecule has 0 aromatic rings. The summed E-state index contributed by atoms with van der Waals surface area (Å²) in [6.45, 7) is 13.6. The predicted octanol–water partition coefficient (Wildman–Crippen LogP) is 4.46. The van der Waals surface area contributed by atoms with Crippen LogP contribution in [0.25, 0.3) is 0 Å². The highest BCUT2D eigenvalue weighted by molar-refractivity contribution is 6.76. The van der Waals surface area contributed by atoms with E-state index in [1.807, 2.05) is 0 Å². The van der Waals surface area contributed by atoms with Gasteiger partial charge in [-0.05, 0) is 31.1 Å². The molecule has 0 fully saturated rings. The minimum Gasteiger partial charge on any atom is -0.392 e. The molecule has 0 aromatic carbocycles. The second-order valence-corrected chi connectivity index (χ2v) is 13.2. The smallest absolute Gasteiger partial charge is 0.0631 e. The van der Waals surface area contributed by atoms with E-state index in [9.17, 15) is 5.11 Å². The van der Waals surface area contributed by atoms with Crippen molar-refractivity contribution >= 4 is 8.07 Å². The van der Waals surface area contributed by atoms with Gasteiger partial charge in [0, 0.05) is 12.5 Å². The maximum absolute atomic E-state index is 10.2. The fraction of sp³-hybridized carbons (Fsp3) is 0.765. The normalized spacial score (nSPS) is 26.4. The Morgan fingerprint density at radius 2 is 1.95 bits per heavy atom.